The standard InChI is InChI=1S/C7H4F3O/c8-7(9,10)5-1-3-6(11)4-2-5/h1-4H. The molecule has 0 bridgehead atoms. The SMILES string of the molecule is [O]c1ccc(C(F)(F)F)cc1. The van der Waals surface area contributed by atoms with Crippen LogP contribution in [0, 0.1) is 0 Å². The monoisotopic (exact) mass is 161 g/mol. The van der Waals surface area contributed by atoms with Gasteiger partial charge >= 0.3 is 6.18 Å². The zero-order chi connectivity index (χ0) is 8.48. The summed E-state index contributed by atoms with van der Waals surface area (Å²) in [5.41, 5.74) is -0.794. The van der Waals surface area contributed by atoms with Gasteiger partial charge in [0.1, 0.15) is 0 Å². The maximum absolute atomic E-state index is 11.8. The van der Waals surface area contributed by atoms with Gasteiger partial charge in [-0.25, -0.2) is 0 Å². The molecule has 0 fully saturated rings. The Morgan fingerprint density at radius 1 is 1.00 bits per heavy atom. The third-order valence-electron chi connectivity index (χ3n) is 1.18. The van der Waals surface area contributed by atoms with Crippen molar-refractivity contribution >= 4 is 0 Å². The summed E-state index contributed by atoms with van der Waals surface area (Å²) < 4.78 is 35.5. The summed E-state index contributed by atoms with van der Waals surface area (Å²) >= 11 is 0. The minimum absolute atomic E-state index is 0.419. The van der Waals surface area contributed by atoms with Crippen molar-refractivity contribution in [3.63, 3.8) is 0 Å². The molecule has 0 N–H and O–H groups in total. The van der Waals surface area contributed by atoms with Gasteiger partial charge in [0.25, 0.3) is 0 Å². The zero-order valence-electron chi connectivity index (χ0n) is 5.35. The molecular formula is C7H4F3O. The summed E-state index contributed by atoms with van der Waals surface area (Å²) in [5.74, 6) is -0.419. The molecule has 0 unspecified atom stereocenters. The molecule has 1 radical (unpaired) electrons. The Labute approximate surface area is 61.1 Å². The predicted molar refractivity (Wildman–Crippen MR) is 31.6 cm³/mol. The van der Waals surface area contributed by atoms with E-state index in [9.17, 15) is 18.3 Å². The van der Waals surface area contributed by atoms with Crippen molar-refractivity contribution in [1.82, 2.24) is 0 Å². The fourth-order valence-corrected chi connectivity index (χ4v) is 0.644. The van der Waals surface area contributed by atoms with Gasteiger partial charge < -0.3 is 0 Å². The van der Waals surface area contributed by atoms with Crippen LogP contribution in [0.4, 0.5) is 13.2 Å². The van der Waals surface area contributed by atoms with E-state index in [1.807, 2.05) is 0 Å². The highest BCUT2D eigenvalue weighted by Crippen LogP contribution is 2.29. The van der Waals surface area contributed by atoms with Crippen molar-refractivity contribution in [2.75, 3.05) is 0 Å². The van der Waals surface area contributed by atoms with E-state index in [0.717, 1.165) is 24.3 Å². The van der Waals surface area contributed by atoms with Crippen molar-refractivity contribution in [3.05, 3.63) is 29.8 Å². The normalized spacial score (nSPS) is 11.5. The molecule has 4 heteroatoms. The number of halogens is 3. The Morgan fingerprint density at radius 2 is 1.45 bits per heavy atom. The molecule has 0 saturated heterocycles. The first-order valence-corrected chi connectivity index (χ1v) is 2.84. The van der Waals surface area contributed by atoms with E-state index in [0.29, 0.717) is 0 Å². The molecular weight excluding hydrogens is 157 g/mol. The van der Waals surface area contributed by atoms with Crippen molar-refractivity contribution in [1.29, 1.82) is 0 Å². The summed E-state index contributed by atoms with van der Waals surface area (Å²) in [4.78, 5) is 0. The van der Waals surface area contributed by atoms with E-state index in [2.05, 4.69) is 0 Å². The minimum Gasteiger partial charge on any atom is -0.290 e. The molecule has 0 aliphatic rings. The Hall–Kier alpha value is -1.19. The molecule has 0 spiro atoms. The van der Waals surface area contributed by atoms with Crippen LogP contribution in [0.25, 0.3) is 0 Å². The Balaban J connectivity index is 2.99. The van der Waals surface area contributed by atoms with Crippen LogP contribution in [0.2, 0.25) is 0 Å². The fourth-order valence-electron chi connectivity index (χ4n) is 0.644. The lowest BCUT2D eigenvalue weighted by Gasteiger charge is -2.04. The second-order valence-electron chi connectivity index (χ2n) is 2.02. The summed E-state index contributed by atoms with van der Waals surface area (Å²) in [5, 5.41) is 10.4. The van der Waals surface area contributed by atoms with Crippen LogP contribution >= 0.6 is 0 Å². The average molecular weight is 161 g/mol. The minimum atomic E-state index is -4.35. The number of hydrogen-bond acceptors (Lipinski definition) is 0. The van der Waals surface area contributed by atoms with Crippen molar-refractivity contribution in [3.8, 4) is 5.75 Å². The van der Waals surface area contributed by atoms with Crippen LogP contribution in [0.15, 0.2) is 24.3 Å². The van der Waals surface area contributed by atoms with Crippen molar-refractivity contribution in [2.24, 2.45) is 0 Å². The molecule has 0 heterocycles. The van der Waals surface area contributed by atoms with Crippen LogP contribution in [0.5, 0.6) is 5.75 Å². The molecule has 0 aliphatic carbocycles. The Bertz CT molecular complexity index is 237. The average Bonchev–Trinajstić information content (AvgIpc) is 1.86. The van der Waals surface area contributed by atoms with E-state index in [-0.39, 0.29) is 0 Å². The van der Waals surface area contributed by atoms with Gasteiger partial charge in [-0.1, -0.05) is 0 Å². The molecule has 1 nitrogen and oxygen atoms in total. The number of hydrogen-bond donors (Lipinski definition) is 0. The highest BCUT2D eigenvalue weighted by Gasteiger charge is 2.29. The van der Waals surface area contributed by atoms with Gasteiger partial charge in [0, 0.05) is 0 Å². The second-order valence-corrected chi connectivity index (χ2v) is 2.02. The van der Waals surface area contributed by atoms with Gasteiger partial charge in [0.05, 0.1) is 5.56 Å². The van der Waals surface area contributed by atoms with Crippen LogP contribution in [-0.4, -0.2) is 0 Å². The summed E-state index contributed by atoms with van der Waals surface area (Å²) in [7, 11) is 0. The molecule has 11 heavy (non-hydrogen) atoms. The first-order valence-electron chi connectivity index (χ1n) is 2.84. The van der Waals surface area contributed by atoms with Gasteiger partial charge in [-0.05, 0) is 24.3 Å². The summed E-state index contributed by atoms with van der Waals surface area (Å²) in [6, 6.07) is 3.32. The maximum atomic E-state index is 11.8. The van der Waals surface area contributed by atoms with E-state index in [1.165, 1.54) is 0 Å². The van der Waals surface area contributed by atoms with Gasteiger partial charge in [0.15, 0.2) is 5.75 Å². The first-order chi connectivity index (χ1) is 5.00. The smallest absolute Gasteiger partial charge is 0.290 e. The lowest BCUT2D eigenvalue weighted by Crippen LogP contribution is -2.03. The van der Waals surface area contributed by atoms with Crippen LogP contribution in [-0.2, 0) is 11.3 Å². The summed E-state index contributed by atoms with van der Waals surface area (Å²) in [6.45, 7) is 0. The molecule has 1 rings (SSSR count). The molecule has 0 aromatic heterocycles. The van der Waals surface area contributed by atoms with Crippen molar-refractivity contribution in [2.45, 2.75) is 6.18 Å². The lowest BCUT2D eigenvalue weighted by molar-refractivity contribution is -0.137. The number of rotatable bonds is 0. The van der Waals surface area contributed by atoms with E-state index >= 15 is 0 Å². The number of alkyl halides is 3. The van der Waals surface area contributed by atoms with Gasteiger partial charge in [-0.3, -0.25) is 5.11 Å². The topological polar surface area (TPSA) is 19.9 Å². The third kappa shape index (κ3) is 1.86. The van der Waals surface area contributed by atoms with Gasteiger partial charge in [-0.2, -0.15) is 13.2 Å². The first kappa shape index (κ1) is 7.91. The van der Waals surface area contributed by atoms with Crippen LogP contribution in [0.1, 0.15) is 5.56 Å². The highest BCUT2D eigenvalue weighted by molar-refractivity contribution is 5.27. The van der Waals surface area contributed by atoms with Gasteiger partial charge in [-0.15, -0.1) is 0 Å². The molecule has 1 aromatic rings. The zero-order valence-corrected chi connectivity index (χ0v) is 5.35. The van der Waals surface area contributed by atoms with Gasteiger partial charge in [0.2, 0.25) is 0 Å². The van der Waals surface area contributed by atoms with E-state index in [1.54, 1.807) is 0 Å². The molecule has 0 saturated carbocycles. The second kappa shape index (κ2) is 2.45. The molecule has 0 aliphatic heterocycles. The molecule has 59 valence electrons. The summed E-state index contributed by atoms with van der Waals surface area (Å²) in [6.07, 6.45) is -4.35. The number of benzene rings is 1. The largest absolute Gasteiger partial charge is 0.416 e. The van der Waals surface area contributed by atoms with Crippen LogP contribution in [0.3, 0.4) is 0 Å². The van der Waals surface area contributed by atoms with Crippen molar-refractivity contribution < 1.29 is 18.3 Å². The third-order valence-corrected chi connectivity index (χ3v) is 1.18. The highest BCUT2D eigenvalue weighted by atomic mass is 19.4. The Morgan fingerprint density at radius 3 is 1.82 bits per heavy atom. The predicted octanol–water partition coefficient (Wildman–Crippen LogP) is 2.85. The van der Waals surface area contributed by atoms with E-state index < -0.39 is 17.5 Å². The Kier molecular flexibility index (Phi) is 1.76. The molecule has 0 amide bonds. The van der Waals surface area contributed by atoms with Crippen LogP contribution < -0.4 is 0 Å². The van der Waals surface area contributed by atoms with E-state index in [4.69, 9.17) is 0 Å². The maximum Gasteiger partial charge on any atom is 0.416 e. The molecule has 0 atom stereocenters. The lowest BCUT2D eigenvalue weighted by atomic mass is 10.2. The molecule has 1 aromatic carbocycles. The fraction of sp³-hybridized carbons (Fsp3) is 0.143. The quantitative estimate of drug-likeness (QED) is 0.557.